The zero-order valence-corrected chi connectivity index (χ0v) is 17.4. The largest absolute Gasteiger partial charge is 0.384 e. The lowest BCUT2D eigenvalue weighted by atomic mass is 10.1. The molecular formula is C21H20FN5O3S. The quantitative estimate of drug-likeness (QED) is 0.522. The molecular weight excluding hydrogens is 421 g/mol. The van der Waals surface area contributed by atoms with Gasteiger partial charge in [-0.15, -0.1) is 0 Å². The van der Waals surface area contributed by atoms with Crippen LogP contribution >= 0.6 is 0 Å². The number of anilines is 2. The second-order valence-corrected chi connectivity index (χ2v) is 9.49. The molecule has 31 heavy (non-hydrogen) atoms. The summed E-state index contributed by atoms with van der Waals surface area (Å²) in [5.74, 6) is -0.0815. The summed E-state index contributed by atoms with van der Waals surface area (Å²) >= 11 is 0. The number of nitrogen functional groups attached to an aromatic ring is 1. The maximum absolute atomic E-state index is 13.3. The molecule has 10 heteroatoms. The van der Waals surface area contributed by atoms with Crippen LogP contribution in [-0.4, -0.2) is 31.5 Å². The lowest BCUT2D eigenvalue weighted by Crippen LogP contribution is -2.24. The lowest BCUT2D eigenvalue weighted by Gasteiger charge is -2.17. The minimum Gasteiger partial charge on any atom is -0.384 e. The van der Waals surface area contributed by atoms with E-state index in [0.717, 1.165) is 12.1 Å². The molecule has 4 rings (SSSR count). The molecule has 0 atom stereocenters. The highest BCUT2D eigenvalue weighted by atomic mass is 32.2. The van der Waals surface area contributed by atoms with Crippen LogP contribution in [0.25, 0.3) is 11.4 Å². The van der Waals surface area contributed by atoms with Crippen molar-refractivity contribution < 1.29 is 17.6 Å². The standard InChI is InChI=1S/C21H20FN5O3S/c1-24-20(28)25-15-6-2-13(3-7-15)19-26-17(12-18(23)27-19)21(10-11-21)31(29,30)16-8-4-14(22)5-9-16/h2-9,12H,10-11H2,1H3,(H2,23,26,27)(H2,24,25,28). The average Bonchev–Trinajstić information content (AvgIpc) is 3.57. The van der Waals surface area contributed by atoms with E-state index in [4.69, 9.17) is 5.73 Å². The first-order valence-corrected chi connectivity index (χ1v) is 11.0. The predicted octanol–water partition coefficient (Wildman–Crippen LogP) is 3.08. The van der Waals surface area contributed by atoms with Gasteiger partial charge in [-0.05, 0) is 61.4 Å². The van der Waals surface area contributed by atoms with Gasteiger partial charge in [-0.1, -0.05) is 0 Å². The molecule has 0 saturated heterocycles. The van der Waals surface area contributed by atoms with Crippen LogP contribution in [0.3, 0.4) is 0 Å². The van der Waals surface area contributed by atoms with Crippen LogP contribution in [0.2, 0.25) is 0 Å². The third-order valence-electron chi connectivity index (χ3n) is 5.18. The summed E-state index contributed by atoms with van der Waals surface area (Å²) < 4.78 is 38.6. The topological polar surface area (TPSA) is 127 Å². The summed E-state index contributed by atoms with van der Waals surface area (Å²) in [4.78, 5) is 20.2. The number of urea groups is 1. The van der Waals surface area contributed by atoms with Crippen molar-refractivity contribution in [1.29, 1.82) is 0 Å². The molecule has 3 aromatic rings. The van der Waals surface area contributed by atoms with E-state index in [1.165, 1.54) is 25.2 Å². The molecule has 1 heterocycles. The Kier molecular flexibility index (Phi) is 5.10. The van der Waals surface area contributed by atoms with Gasteiger partial charge in [0.1, 0.15) is 16.4 Å². The van der Waals surface area contributed by atoms with Crippen LogP contribution in [0.5, 0.6) is 0 Å². The number of carbonyl (C=O) groups excluding carboxylic acids is 1. The minimum absolute atomic E-state index is 0.0368. The number of nitrogens with two attached hydrogens (primary N) is 1. The maximum atomic E-state index is 13.3. The van der Waals surface area contributed by atoms with Crippen LogP contribution in [0, 0.1) is 5.82 Å². The van der Waals surface area contributed by atoms with E-state index >= 15 is 0 Å². The van der Waals surface area contributed by atoms with E-state index in [2.05, 4.69) is 20.6 Å². The molecule has 0 spiro atoms. The molecule has 1 aliphatic rings. The van der Waals surface area contributed by atoms with Crippen LogP contribution in [0.1, 0.15) is 18.5 Å². The molecule has 0 unspecified atom stereocenters. The average molecular weight is 441 g/mol. The SMILES string of the molecule is CNC(=O)Nc1ccc(-c2nc(N)cc(C3(S(=O)(=O)c4ccc(F)cc4)CC3)n2)cc1. The number of rotatable bonds is 5. The summed E-state index contributed by atoms with van der Waals surface area (Å²) in [7, 11) is -2.29. The normalized spacial score (nSPS) is 14.6. The molecule has 0 aliphatic heterocycles. The number of nitrogens with one attached hydrogen (secondary N) is 2. The Morgan fingerprint density at radius 1 is 1.06 bits per heavy atom. The van der Waals surface area contributed by atoms with Gasteiger partial charge >= 0.3 is 6.03 Å². The number of benzene rings is 2. The zero-order chi connectivity index (χ0) is 22.2. The fraction of sp³-hybridized carbons (Fsp3) is 0.190. The van der Waals surface area contributed by atoms with Crippen molar-refractivity contribution in [3.8, 4) is 11.4 Å². The number of amides is 2. The van der Waals surface area contributed by atoms with Crippen molar-refractivity contribution in [2.45, 2.75) is 22.5 Å². The summed E-state index contributed by atoms with van der Waals surface area (Å²) in [5, 5.41) is 5.11. The molecule has 0 bridgehead atoms. The molecule has 1 aromatic heterocycles. The highest BCUT2D eigenvalue weighted by molar-refractivity contribution is 7.92. The van der Waals surface area contributed by atoms with Gasteiger partial charge in [0.2, 0.25) is 0 Å². The number of nitrogens with zero attached hydrogens (tertiary/aromatic N) is 2. The summed E-state index contributed by atoms with van der Waals surface area (Å²) in [5.41, 5.74) is 7.48. The Hall–Kier alpha value is -3.53. The number of hydrogen-bond acceptors (Lipinski definition) is 6. The van der Waals surface area contributed by atoms with Crippen LogP contribution in [-0.2, 0) is 14.6 Å². The molecule has 1 aliphatic carbocycles. The van der Waals surface area contributed by atoms with Gasteiger partial charge in [-0.3, -0.25) is 0 Å². The van der Waals surface area contributed by atoms with Gasteiger partial charge < -0.3 is 16.4 Å². The van der Waals surface area contributed by atoms with E-state index in [0.29, 0.717) is 29.8 Å². The van der Waals surface area contributed by atoms with Crippen molar-refractivity contribution in [2.75, 3.05) is 18.1 Å². The molecule has 1 fully saturated rings. The van der Waals surface area contributed by atoms with E-state index in [9.17, 15) is 17.6 Å². The molecule has 160 valence electrons. The second-order valence-electron chi connectivity index (χ2n) is 7.23. The number of aromatic nitrogens is 2. The maximum Gasteiger partial charge on any atom is 0.318 e. The Morgan fingerprint density at radius 2 is 1.71 bits per heavy atom. The van der Waals surface area contributed by atoms with E-state index < -0.39 is 20.4 Å². The van der Waals surface area contributed by atoms with Crippen molar-refractivity contribution >= 4 is 27.4 Å². The number of sulfone groups is 1. The molecule has 0 radical (unpaired) electrons. The monoisotopic (exact) mass is 441 g/mol. The van der Waals surface area contributed by atoms with Crippen LogP contribution in [0.4, 0.5) is 20.7 Å². The highest BCUT2D eigenvalue weighted by Gasteiger charge is 2.57. The molecule has 8 nitrogen and oxygen atoms in total. The smallest absolute Gasteiger partial charge is 0.318 e. The van der Waals surface area contributed by atoms with Crippen molar-refractivity contribution in [3.05, 3.63) is 66.1 Å². The number of halogens is 1. The van der Waals surface area contributed by atoms with Crippen LogP contribution in [0.15, 0.2) is 59.5 Å². The van der Waals surface area contributed by atoms with Gasteiger partial charge in [0.05, 0.1) is 10.6 Å². The Balaban J connectivity index is 1.70. The van der Waals surface area contributed by atoms with Gasteiger partial charge in [0.15, 0.2) is 15.7 Å². The molecule has 1 saturated carbocycles. The number of hydrogen-bond donors (Lipinski definition) is 3. The van der Waals surface area contributed by atoms with Gasteiger partial charge in [0.25, 0.3) is 0 Å². The van der Waals surface area contributed by atoms with Crippen LogP contribution < -0.4 is 16.4 Å². The molecule has 2 amide bonds. The second kappa shape index (κ2) is 7.62. The fourth-order valence-electron chi connectivity index (χ4n) is 3.34. The van der Waals surface area contributed by atoms with Gasteiger partial charge in [-0.2, -0.15) is 0 Å². The molecule has 2 aromatic carbocycles. The Morgan fingerprint density at radius 3 is 2.29 bits per heavy atom. The summed E-state index contributed by atoms with van der Waals surface area (Å²) in [6.07, 6.45) is 0.773. The zero-order valence-electron chi connectivity index (χ0n) is 16.6. The Labute approximate surface area is 178 Å². The van der Waals surface area contributed by atoms with E-state index in [-0.39, 0.29) is 22.6 Å². The first kappa shape index (κ1) is 20.7. The predicted molar refractivity (Wildman–Crippen MR) is 114 cm³/mol. The first-order valence-electron chi connectivity index (χ1n) is 9.49. The van der Waals surface area contributed by atoms with E-state index in [1.807, 2.05) is 0 Å². The van der Waals surface area contributed by atoms with Gasteiger partial charge in [0, 0.05) is 24.4 Å². The van der Waals surface area contributed by atoms with Crippen molar-refractivity contribution in [2.24, 2.45) is 0 Å². The first-order chi connectivity index (χ1) is 14.7. The molecule has 4 N–H and O–H groups in total. The lowest BCUT2D eigenvalue weighted by molar-refractivity contribution is 0.254. The third kappa shape index (κ3) is 3.81. The number of carbonyl (C=O) groups is 1. The minimum atomic E-state index is -3.80. The van der Waals surface area contributed by atoms with Gasteiger partial charge in [-0.25, -0.2) is 27.6 Å². The van der Waals surface area contributed by atoms with Crippen molar-refractivity contribution in [1.82, 2.24) is 15.3 Å². The fourth-order valence-corrected chi connectivity index (χ4v) is 5.31. The summed E-state index contributed by atoms with van der Waals surface area (Å²) in [6, 6.07) is 12.7. The Bertz CT molecular complexity index is 1240. The van der Waals surface area contributed by atoms with Crippen molar-refractivity contribution in [3.63, 3.8) is 0 Å². The summed E-state index contributed by atoms with van der Waals surface area (Å²) in [6.45, 7) is 0. The van der Waals surface area contributed by atoms with E-state index in [1.54, 1.807) is 24.3 Å². The highest BCUT2D eigenvalue weighted by Crippen LogP contribution is 2.54. The third-order valence-corrected chi connectivity index (χ3v) is 7.72.